The molecule has 1 saturated heterocycles. The Balaban J connectivity index is 1.31. The van der Waals surface area contributed by atoms with Crippen LogP contribution in [0.1, 0.15) is 44.9 Å². The molecule has 0 bridgehead atoms. The highest BCUT2D eigenvalue weighted by molar-refractivity contribution is 7.89. The van der Waals surface area contributed by atoms with Crippen molar-refractivity contribution in [2.75, 3.05) is 63.2 Å². The number of nitrogens with one attached hydrogen (secondary N) is 1. The monoisotopic (exact) mass is 455 g/mol. The second kappa shape index (κ2) is 12.6. The normalized spacial score (nSPS) is 18.9. The van der Waals surface area contributed by atoms with Gasteiger partial charge in [0, 0.05) is 32.7 Å². The Hall–Kier alpha value is -1.38. The molecule has 0 unspecified atom stereocenters. The first kappa shape index (κ1) is 24.3. The zero-order valence-corrected chi connectivity index (χ0v) is 19.4. The highest BCUT2D eigenvalue weighted by Gasteiger charge is 2.21. The van der Waals surface area contributed by atoms with Crippen molar-refractivity contribution >= 4 is 15.7 Å². The molecule has 2 aliphatic rings. The van der Waals surface area contributed by atoms with E-state index in [0.717, 1.165) is 69.8 Å². The third kappa shape index (κ3) is 8.24. The van der Waals surface area contributed by atoms with Gasteiger partial charge in [-0.3, -0.25) is 4.90 Å². The standard InChI is InChI=1S/C23H38FN3O3S/c24-12-19-30-23-11-5-4-10-22(23)27-17-15-26(16-18-27)14-7-6-13-25-31(28,29)20-21-8-2-1-3-9-21/h4-5,10-11,21,25H,1-3,6-9,12-20H2. The predicted octanol–water partition coefficient (Wildman–Crippen LogP) is 3.44. The summed E-state index contributed by atoms with van der Waals surface area (Å²) in [4.78, 5) is 4.72. The van der Waals surface area contributed by atoms with Crippen LogP contribution in [0, 0.1) is 5.92 Å². The summed E-state index contributed by atoms with van der Waals surface area (Å²) in [5, 5.41) is 0. The van der Waals surface area contributed by atoms with E-state index in [1.165, 1.54) is 19.3 Å². The summed E-state index contributed by atoms with van der Waals surface area (Å²) in [6, 6.07) is 7.82. The Morgan fingerprint density at radius 3 is 2.52 bits per heavy atom. The number of hydrogen-bond acceptors (Lipinski definition) is 5. The van der Waals surface area contributed by atoms with Gasteiger partial charge in [-0.05, 0) is 50.3 Å². The van der Waals surface area contributed by atoms with Crippen LogP contribution >= 0.6 is 0 Å². The van der Waals surface area contributed by atoms with Gasteiger partial charge in [-0.15, -0.1) is 0 Å². The van der Waals surface area contributed by atoms with E-state index < -0.39 is 16.7 Å². The number of unbranched alkanes of at least 4 members (excludes halogenated alkanes) is 1. The second-order valence-electron chi connectivity index (χ2n) is 8.72. The minimum absolute atomic E-state index is 0.0847. The van der Waals surface area contributed by atoms with E-state index in [9.17, 15) is 12.8 Å². The Kier molecular flexibility index (Phi) is 9.87. The summed E-state index contributed by atoms with van der Waals surface area (Å²) in [6.45, 7) is 4.86. The molecule has 6 nitrogen and oxygen atoms in total. The van der Waals surface area contributed by atoms with Gasteiger partial charge in [0.25, 0.3) is 0 Å². The summed E-state index contributed by atoms with van der Waals surface area (Å²) >= 11 is 0. The maximum atomic E-state index is 12.5. The zero-order valence-electron chi connectivity index (χ0n) is 18.6. The number of benzene rings is 1. The Morgan fingerprint density at radius 2 is 1.77 bits per heavy atom. The number of alkyl halides is 1. The molecule has 8 heteroatoms. The van der Waals surface area contributed by atoms with Gasteiger partial charge >= 0.3 is 0 Å². The number of rotatable bonds is 12. The third-order valence-electron chi connectivity index (χ3n) is 6.32. The van der Waals surface area contributed by atoms with Crippen LogP contribution in [0.2, 0.25) is 0 Å². The van der Waals surface area contributed by atoms with Crippen molar-refractivity contribution in [3.63, 3.8) is 0 Å². The van der Waals surface area contributed by atoms with Crippen molar-refractivity contribution in [3.05, 3.63) is 24.3 Å². The fourth-order valence-electron chi connectivity index (χ4n) is 4.61. The lowest BCUT2D eigenvalue weighted by molar-refractivity contribution is 0.249. The number of nitrogens with zero attached hydrogens (tertiary/aromatic N) is 2. The van der Waals surface area contributed by atoms with Gasteiger partial charge in [-0.1, -0.05) is 31.4 Å². The van der Waals surface area contributed by atoms with Crippen molar-refractivity contribution in [2.45, 2.75) is 44.9 Å². The molecule has 1 N–H and O–H groups in total. The summed E-state index contributed by atoms with van der Waals surface area (Å²) in [5.74, 6) is 1.38. The largest absolute Gasteiger partial charge is 0.489 e. The van der Waals surface area contributed by atoms with E-state index in [0.29, 0.717) is 18.2 Å². The molecule has 0 atom stereocenters. The van der Waals surface area contributed by atoms with Crippen LogP contribution in [-0.4, -0.2) is 71.6 Å². The summed E-state index contributed by atoms with van der Waals surface area (Å²) in [5.41, 5.74) is 1.03. The van der Waals surface area contributed by atoms with E-state index >= 15 is 0 Å². The van der Waals surface area contributed by atoms with Gasteiger partial charge in [-0.25, -0.2) is 17.5 Å². The molecule has 2 fully saturated rings. The zero-order chi connectivity index (χ0) is 21.9. The Labute approximate surface area is 187 Å². The van der Waals surface area contributed by atoms with Crippen LogP contribution in [0.25, 0.3) is 0 Å². The van der Waals surface area contributed by atoms with E-state index in [1.807, 2.05) is 24.3 Å². The van der Waals surface area contributed by atoms with Crippen LogP contribution in [0.3, 0.4) is 0 Å². The molecule has 1 aliphatic carbocycles. The van der Waals surface area contributed by atoms with Crippen LogP contribution < -0.4 is 14.4 Å². The van der Waals surface area contributed by atoms with Crippen LogP contribution in [-0.2, 0) is 10.0 Å². The highest BCUT2D eigenvalue weighted by Crippen LogP contribution is 2.29. The first-order valence-corrected chi connectivity index (χ1v) is 13.4. The predicted molar refractivity (Wildman–Crippen MR) is 124 cm³/mol. The lowest BCUT2D eigenvalue weighted by atomic mass is 9.91. The van der Waals surface area contributed by atoms with Crippen molar-refractivity contribution in [1.29, 1.82) is 0 Å². The molecule has 1 aromatic rings. The minimum Gasteiger partial charge on any atom is -0.489 e. The molecule has 1 saturated carbocycles. The molecule has 3 rings (SSSR count). The minimum atomic E-state index is -3.14. The average molecular weight is 456 g/mol. The lowest BCUT2D eigenvalue weighted by Gasteiger charge is -2.36. The quantitative estimate of drug-likeness (QED) is 0.489. The highest BCUT2D eigenvalue weighted by atomic mass is 32.2. The van der Waals surface area contributed by atoms with Crippen molar-refractivity contribution in [2.24, 2.45) is 5.92 Å². The lowest BCUT2D eigenvalue weighted by Crippen LogP contribution is -2.46. The van der Waals surface area contributed by atoms with E-state index in [2.05, 4.69) is 14.5 Å². The summed E-state index contributed by atoms with van der Waals surface area (Å²) < 4.78 is 45.4. The number of halogens is 1. The van der Waals surface area contributed by atoms with E-state index in [4.69, 9.17) is 4.74 Å². The molecule has 176 valence electrons. The Bertz CT molecular complexity index is 748. The maximum absolute atomic E-state index is 12.5. The molecule has 0 radical (unpaired) electrons. The van der Waals surface area contributed by atoms with Gasteiger partial charge in [0.1, 0.15) is 19.0 Å². The van der Waals surface area contributed by atoms with Crippen molar-refractivity contribution < 1.29 is 17.5 Å². The number of para-hydroxylation sites is 2. The van der Waals surface area contributed by atoms with Crippen LogP contribution in [0.5, 0.6) is 5.75 Å². The molecule has 31 heavy (non-hydrogen) atoms. The second-order valence-corrected chi connectivity index (χ2v) is 10.6. The van der Waals surface area contributed by atoms with Crippen LogP contribution in [0.15, 0.2) is 24.3 Å². The number of hydrogen-bond donors (Lipinski definition) is 1. The fraction of sp³-hybridized carbons (Fsp3) is 0.739. The number of ether oxygens (including phenoxy) is 1. The molecule has 0 spiro atoms. The molecule has 0 aromatic heterocycles. The van der Waals surface area contributed by atoms with Crippen molar-refractivity contribution in [3.8, 4) is 5.75 Å². The third-order valence-corrected chi connectivity index (χ3v) is 7.87. The fourth-order valence-corrected chi connectivity index (χ4v) is 6.14. The number of sulfonamides is 1. The van der Waals surface area contributed by atoms with Crippen LogP contribution in [0.4, 0.5) is 10.1 Å². The molecular weight excluding hydrogens is 417 g/mol. The van der Waals surface area contributed by atoms with Gasteiger partial charge in [0.15, 0.2) is 0 Å². The van der Waals surface area contributed by atoms with Gasteiger partial charge in [0.2, 0.25) is 10.0 Å². The molecule has 1 heterocycles. The molecule has 1 aliphatic heterocycles. The SMILES string of the molecule is O=S(=O)(CC1CCCCC1)NCCCCN1CCN(c2ccccc2OCCF)CC1. The van der Waals surface area contributed by atoms with Gasteiger partial charge < -0.3 is 9.64 Å². The maximum Gasteiger partial charge on any atom is 0.211 e. The first-order chi connectivity index (χ1) is 15.1. The number of piperazine rings is 1. The van der Waals surface area contributed by atoms with E-state index in [-0.39, 0.29) is 6.61 Å². The first-order valence-electron chi connectivity index (χ1n) is 11.8. The topological polar surface area (TPSA) is 61.9 Å². The average Bonchev–Trinajstić information content (AvgIpc) is 2.78. The Morgan fingerprint density at radius 1 is 1.03 bits per heavy atom. The van der Waals surface area contributed by atoms with Crippen molar-refractivity contribution in [1.82, 2.24) is 9.62 Å². The molecular formula is C23H38FN3O3S. The summed E-state index contributed by atoms with van der Waals surface area (Å²) in [7, 11) is -3.14. The molecule has 1 aromatic carbocycles. The smallest absolute Gasteiger partial charge is 0.211 e. The summed E-state index contributed by atoms with van der Waals surface area (Å²) in [6.07, 6.45) is 7.55. The van der Waals surface area contributed by atoms with Gasteiger partial charge in [-0.2, -0.15) is 0 Å². The van der Waals surface area contributed by atoms with Gasteiger partial charge in [0.05, 0.1) is 11.4 Å². The van der Waals surface area contributed by atoms with E-state index in [1.54, 1.807) is 0 Å². The number of anilines is 1. The molecule has 0 amide bonds.